The summed E-state index contributed by atoms with van der Waals surface area (Å²) in [4.78, 5) is 12.2. The van der Waals surface area contributed by atoms with Gasteiger partial charge in [-0.05, 0) is 55.0 Å². The van der Waals surface area contributed by atoms with Gasteiger partial charge in [0.25, 0.3) is 5.91 Å². The number of nitrogens with zero attached hydrogens (tertiary/aromatic N) is 2. The molecule has 0 spiro atoms. The number of rotatable bonds is 7. The third kappa shape index (κ3) is 6.07. The molecule has 0 atom stereocenters. The first-order valence-electron chi connectivity index (χ1n) is 7.91. The van der Waals surface area contributed by atoms with Gasteiger partial charge in [-0.25, -0.2) is 13.8 Å². The van der Waals surface area contributed by atoms with E-state index in [4.69, 9.17) is 4.74 Å². The maximum Gasteiger partial charge on any atom is 0.260 e. The third-order valence-corrected chi connectivity index (χ3v) is 5.27. The lowest BCUT2D eigenvalue weighted by Gasteiger charge is -2.21. The van der Waals surface area contributed by atoms with Crippen molar-refractivity contribution in [3.8, 4) is 5.75 Å². The van der Waals surface area contributed by atoms with Crippen LogP contribution in [0.4, 0.5) is 5.69 Å². The Labute approximate surface area is 167 Å². The molecule has 0 aromatic heterocycles. The van der Waals surface area contributed by atoms with Gasteiger partial charge >= 0.3 is 0 Å². The van der Waals surface area contributed by atoms with Crippen LogP contribution in [0.1, 0.15) is 12.5 Å². The molecule has 144 valence electrons. The first-order chi connectivity index (χ1) is 12.7. The van der Waals surface area contributed by atoms with Crippen molar-refractivity contribution in [1.29, 1.82) is 0 Å². The lowest BCUT2D eigenvalue weighted by molar-refractivity contribution is -0.119. The average molecular weight is 454 g/mol. The highest BCUT2D eigenvalue weighted by Crippen LogP contribution is 2.21. The summed E-state index contributed by atoms with van der Waals surface area (Å²) in [6.07, 6.45) is 1.05. The number of hydrazone groups is 1. The summed E-state index contributed by atoms with van der Waals surface area (Å²) < 4.78 is 31.0. The van der Waals surface area contributed by atoms with Crippen LogP contribution in [0.2, 0.25) is 0 Å². The largest absolute Gasteiger partial charge is 0.497 e. The Hall–Kier alpha value is -2.39. The SMILES string of the molecule is COc1ccc(/C(C)=N/NC(=O)CN(c2cccc(Br)c2)S(C)(=O)=O)cc1. The molecule has 2 aromatic carbocycles. The molecule has 0 saturated carbocycles. The zero-order valence-electron chi connectivity index (χ0n) is 15.1. The van der Waals surface area contributed by atoms with Gasteiger partial charge in [-0.1, -0.05) is 22.0 Å². The average Bonchev–Trinajstić information content (AvgIpc) is 2.63. The van der Waals surface area contributed by atoms with Crippen molar-refractivity contribution in [2.24, 2.45) is 5.10 Å². The summed E-state index contributed by atoms with van der Waals surface area (Å²) >= 11 is 3.30. The van der Waals surface area contributed by atoms with Crippen LogP contribution < -0.4 is 14.5 Å². The number of hydrogen-bond donors (Lipinski definition) is 1. The number of ether oxygens (including phenoxy) is 1. The molecule has 0 saturated heterocycles. The number of carbonyl (C=O) groups excluding carboxylic acids is 1. The molecular weight excluding hydrogens is 434 g/mol. The number of anilines is 1. The van der Waals surface area contributed by atoms with Gasteiger partial charge in [0.15, 0.2) is 0 Å². The van der Waals surface area contributed by atoms with Gasteiger partial charge in [0, 0.05) is 4.47 Å². The Bertz CT molecular complexity index is 943. The van der Waals surface area contributed by atoms with Crippen molar-refractivity contribution in [3.05, 3.63) is 58.6 Å². The molecule has 0 heterocycles. The van der Waals surface area contributed by atoms with Crippen LogP contribution in [0, 0.1) is 0 Å². The van der Waals surface area contributed by atoms with E-state index < -0.39 is 15.9 Å². The second kappa shape index (κ2) is 9.01. The number of methoxy groups -OCH3 is 1. The van der Waals surface area contributed by atoms with Crippen LogP contribution in [-0.2, 0) is 14.8 Å². The Balaban J connectivity index is 2.11. The van der Waals surface area contributed by atoms with Crippen LogP contribution in [0.25, 0.3) is 0 Å². The molecule has 0 aliphatic rings. The first kappa shape index (κ1) is 20.9. The molecular formula is C18H20BrN3O4S. The number of hydrogen-bond acceptors (Lipinski definition) is 5. The molecule has 9 heteroatoms. The van der Waals surface area contributed by atoms with Crippen LogP contribution >= 0.6 is 15.9 Å². The fraction of sp³-hybridized carbons (Fsp3) is 0.222. The van der Waals surface area contributed by atoms with Gasteiger partial charge in [-0.2, -0.15) is 5.10 Å². The first-order valence-corrected chi connectivity index (χ1v) is 10.6. The number of sulfonamides is 1. The summed E-state index contributed by atoms with van der Waals surface area (Å²) in [5.74, 6) is 0.168. The Kier molecular flexibility index (Phi) is 6.98. The highest BCUT2D eigenvalue weighted by Gasteiger charge is 2.21. The van der Waals surface area contributed by atoms with E-state index in [-0.39, 0.29) is 6.54 Å². The topological polar surface area (TPSA) is 88.1 Å². The maximum absolute atomic E-state index is 12.2. The monoisotopic (exact) mass is 453 g/mol. The molecule has 0 fully saturated rings. The lowest BCUT2D eigenvalue weighted by atomic mass is 10.1. The van der Waals surface area contributed by atoms with E-state index in [1.54, 1.807) is 50.4 Å². The summed E-state index contributed by atoms with van der Waals surface area (Å²) in [5.41, 5.74) is 4.17. The predicted molar refractivity (Wildman–Crippen MR) is 110 cm³/mol. The normalized spacial score (nSPS) is 11.8. The summed E-state index contributed by atoms with van der Waals surface area (Å²) in [6, 6.07) is 13.9. The molecule has 0 bridgehead atoms. The number of nitrogens with one attached hydrogen (secondary N) is 1. The highest BCUT2D eigenvalue weighted by atomic mass is 79.9. The maximum atomic E-state index is 12.2. The molecule has 0 aliphatic carbocycles. The molecule has 1 N–H and O–H groups in total. The van der Waals surface area contributed by atoms with E-state index in [0.29, 0.717) is 21.6 Å². The highest BCUT2D eigenvalue weighted by molar-refractivity contribution is 9.10. The molecule has 0 radical (unpaired) electrons. The van der Waals surface area contributed by atoms with Crippen LogP contribution in [0.3, 0.4) is 0 Å². The number of carbonyl (C=O) groups is 1. The lowest BCUT2D eigenvalue weighted by Crippen LogP contribution is -2.39. The van der Waals surface area contributed by atoms with Crippen molar-refractivity contribution in [3.63, 3.8) is 0 Å². The number of amides is 1. The van der Waals surface area contributed by atoms with Gasteiger partial charge in [-0.3, -0.25) is 9.10 Å². The van der Waals surface area contributed by atoms with Gasteiger partial charge in [0.05, 0.1) is 24.8 Å². The molecule has 0 aliphatic heterocycles. The van der Waals surface area contributed by atoms with E-state index in [0.717, 1.165) is 16.1 Å². The minimum absolute atomic E-state index is 0.380. The summed E-state index contributed by atoms with van der Waals surface area (Å²) in [6.45, 7) is 1.36. The van der Waals surface area contributed by atoms with Crippen molar-refractivity contribution in [2.75, 3.05) is 24.2 Å². The van der Waals surface area contributed by atoms with Gasteiger partial charge in [0.2, 0.25) is 10.0 Å². The zero-order chi connectivity index (χ0) is 20.0. The molecule has 0 unspecified atom stereocenters. The Morgan fingerprint density at radius 1 is 1.22 bits per heavy atom. The number of halogens is 1. The van der Waals surface area contributed by atoms with Crippen LogP contribution in [0.5, 0.6) is 5.75 Å². The minimum Gasteiger partial charge on any atom is -0.497 e. The van der Waals surface area contributed by atoms with Crippen LogP contribution in [0.15, 0.2) is 58.1 Å². The smallest absolute Gasteiger partial charge is 0.260 e. The van der Waals surface area contributed by atoms with Crippen molar-refractivity contribution < 1.29 is 17.9 Å². The van der Waals surface area contributed by atoms with Gasteiger partial charge < -0.3 is 4.74 Å². The van der Waals surface area contributed by atoms with Gasteiger partial charge in [0.1, 0.15) is 12.3 Å². The Morgan fingerprint density at radius 2 is 1.89 bits per heavy atom. The van der Waals surface area contributed by atoms with E-state index in [2.05, 4.69) is 26.5 Å². The summed E-state index contributed by atoms with van der Waals surface area (Å²) in [7, 11) is -2.06. The molecule has 2 aromatic rings. The standard InChI is InChI=1S/C18H20BrN3O4S/c1-13(14-7-9-17(26-2)10-8-14)20-21-18(23)12-22(27(3,24)25)16-6-4-5-15(19)11-16/h4-11H,12H2,1-3H3,(H,21,23)/b20-13+. The second-order valence-electron chi connectivity index (χ2n) is 5.71. The third-order valence-electron chi connectivity index (χ3n) is 3.64. The van der Waals surface area contributed by atoms with Crippen LogP contribution in [-0.4, -0.2) is 39.9 Å². The van der Waals surface area contributed by atoms with Crippen molar-refractivity contribution in [2.45, 2.75) is 6.92 Å². The molecule has 1 amide bonds. The number of benzene rings is 2. The van der Waals surface area contributed by atoms with E-state index in [9.17, 15) is 13.2 Å². The quantitative estimate of drug-likeness (QED) is 0.515. The van der Waals surface area contributed by atoms with Crippen molar-refractivity contribution in [1.82, 2.24) is 5.43 Å². The summed E-state index contributed by atoms with van der Waals surface area (Å²) in [5, 5.41) is 4.04. The second-order valence-corrected chi connectivity index (χ2v) is 8.53. The van der Waals surface area contributed by atoms with E-state index >= 15 is 0 Å². The van der Waals surface area contributed by atoms with E-state index in [1.807, 2.05) is 12.1 Å². The fourth-order valence-corrected chi connectivity index (χ4v) is 3.48. The molecule has 27 heavy (non-hydrogen) atoms. The minimum atomic E-state index is -3.64. The Morgan fingerprint density at radius 3 is 2.44 bits per heavy atom. The molecule has 2 rings (SSSR count). The van der Waals surface area contributed by atoms with E-state index in [1.165, 1.54) is 0 Å². The predicted octanol–water partition coefficient (Wildman–Crippen LogP) is 2.76. The zero-order valence-corrected chi connectivity index (χ0v) is 17.5. The molecule has 7 nitrogen and oxygen atoms in total. The fourth-order valence-electron chi connectivity index (χ4n) is 2.24. The van der Waals surface area contributed by atoms with Crippen molar-refractivity contribution >= 4 is 43.3 Å². The van der Waals surface area contributed by atoms with Gasteiger partial charge in [-0.15, -0.1) is 0 Å².